The molecular formula is C19H25N7OS2. The van der Waals surface area contributed by atoms with Gasteiger partial charge in [0, 0.05) is 37.1 Å². The Labute approximate surface area is 178 Å². The monoisotopic (exact) mass is 431 g/mol. The average Bonchev–Trinajstić information content (AvgIpc) is 3.27. The van der Waals surface area contributed by atoms with E-state index in [1.54, 1.807) is 6.20 Å². The second kappa shape index (κ2) is 9.36. The number of nitrogens with one attached hydrogen (secondary N) is 2. The normalized spacial score (nSPS) is 11.1. The van der Waals surface area contributed by atoms with Gasteiger partial charge in [-0.15, -0.1) is 0 Å². The van der Waals surface area contributed by atoms with E-state index in [2.05, 4.69) is 49.0 Å². The second-order valence-electron chi connectivity index (χ2n) is 6.79. The van der Waals surface area contributed by atoms with E-state index in [1.807, 2.05) is 32.4 Å². The number of aromatic nitrogens is 5. The summed E-state index contributed by atoms with van der Waals surface area (Å²) >= 11 is 2.91. The number of thioether (sulfide) groups is 1. The van der Waals surface area contributed by atoms with E-state index in [9.17, 15) is 4.79 Å². The SMILES string of the molecule is CSc1nc(C)cc(-c2sc(NC(=O)NCCc3nccn3C(C)C)nc2C)n1. The van der Waals surface area contributed by atoms with Crippen molar-refractivity contribution in [3.8, 4) is 10.6 Å². The van der Waals surface area contributed by atoms with Crippen molar-refractivity contribution in [2.75, 3.05) is 18.1 Å². The van der Waals surface area contributed by atoms with Gasteiger partial charge in [-0.25, -0.2) is 24.7 Å². The van der Waals surface area contributed by atoms with E-state index < -0.39 is 0 Å². The van der Waals surface area contributed by atoms with Crippen molar-refractivity contribution in [2.24, 2.45) is 0 Å². The number of thiazole rings is 1. The Morgan fingerprint density at radius 3 is 2.79 bits per heavy atom. The highest BCUT2D eigenvalue weighted by Gasteiger charge is 2.15. The van der Waals surface area contributed by atoms with Gasteiger partial charge in [-0.3, -0.25) is 5.32 Å². The molecule has 10 heteroatoms. The van der Waals surface area contributed by atoms with Crippen LogP contribution in [0.2, 0.25) is 0 Å². The fraction of sp³-hybridized carbons (Fsp3) is 0.421. The quantitative estimate of drug-likeness (QED) is 0.432. The number of nitrogens with zero attached hydrogens (tertiary/aromatic N) is 5. The highest BCUT2D eigenvalue weighted by Crippen LogP contribution is 2.32. The molecule has 154 valence electrons. The van der Waals surface area contributed by atoms with Crippen molar-refractivity contribution in [3.05, 3.63) is 35.7 Å². The van der Waals surface area contributed by atoms with Crippen LogP contribution in [0.15, 0.2) is 23.6 Å². The van der Waals surface area contributed by atoms with Crippen LogP contribution in [0.25, 0.3) is 10.6 Å². The van der Waals surface area contributed by atoms with E-state index in [1.165, 1.54) is 23.1 Å². The van der Waals surface area contributed by atoms with Crippen LogP contribution in [-0.2, 0) is 6.42 Å². The summed E-state index contributed by atoms with van der Waals surface area (Å²) in [7, 11) is 0. The molecule has 8 nitrogen and oxygen atoms in total. The number of hydrogen-bond acceptors (Lipinski definition) is 7. The molecule has 3 heterocycles. The van der Waals surface area contributed by atoms with Gasteiger partial charge in [-0.2, -0.15) is 0 Å². The fourth-order valence-corrected chi connectivity index (χ4v) is 4.22. The Hall–Kier alpha value is -2.46. The number of aryl methyl sites for hydroxylation is 2. The lowest BCUT2D eigenvalue weighted by Crippen LogP contribution is -2.31. The number of hydrogen-bond donors (Lipinski definition) is 2. The first-order valence-corrected chi connectivity index (χ1v) is 11.4. The van der Waals surface area contributed by atoms with Crippen molar-refractivity contribution in [1.29, 1.82) is 0 Å². The molecule has 29 heavy (non-hydrogen) atoms. The number of anilines is 1. The van der Waals surface area contributed by atoms with Gasteiger partial charge in [0.2, 0.25) is 0 Å². The maximum atomic E-state index is 12.3. The van der Waals surface area contributed by atoms with Crippen LogP contribution in [0.4, 0.5) is 9.93 Å². The molecule has 0 aliphatic heterocycles. The van der Waals surface area contributed by atoms with Crippen molar-refractivity contribution < 1.29 is 4.79 Å². The molecule has 0 saturated carbocycles. The number of amides is 2. The third kappa shape index (κ3) is 5.33. The Morgan fingerprint density at radius 1 is 1.28 bits per heavy atom. The number of carbonyl (C=O) groups is 1. The van der Waals surface area contributed by atoms with Crippen molar-refractivity contribution in [2.45, 2.75) is 45.3 Å². The molecule has 3 aromatic rings. The van der Waals surface area contributed by atoms with Crippen LogP contribution in [0, 0.1) is 13.8 Å². The van der Waals surface area contributed by atoms with Gasteiger partial charge < -0.3 is 9.88 Å². The zero-order valence-electron chi connectivity index (χ0n) is 17.2. The number of imidazole rings is 1. The summed E-state index contributed by atoms with van der Waals surface area (Å²) in [6.45, 7) is 8.56. The molecule has 2 amide bonds. The molecule has 3 aromatic heterocycles. The minimum absolute atomic E-state index is 0.281. The topological polar surface area (TPSA) is 97.6 Å². The summed E-state index contributed by atoms with van der Waals surface area (Å²) in [6.07, 6.45) is 6.35. The standard InChI is InChI=1S/C19H25N7OS2/c1-11(2)26-9-8-20-15(26)6-7-21-17(27)25-19-23-13(4)16(29-19)14-10-12(3)22-18(24-14)28-5/h8-11H,6-7H2,1-5H3,(H2,21,23,25,27). The molecule has 0 fully saturated rings. The van der Waals surface area contributed by atoms with Gasteiger partial charge in [-0.05, 0) is 40.0 Å². The highest BCUT2D eigenvalue weighted by molar-refractivity contribution is 7.98. The Balaban J connectivity index is 1.61. The lowest BCUT2D eigenvalue weighted by Gasteiger charge is -2.11. The Morgan fingerprint density at radius 2 is 2.07 bits per heavy atom. The van der Waals surface area contributed by atoms with Crippen LogP contribution >= 0.6 is 23.1 Å². The molecular weight excluding hydrogens is 406 g/mol. The zero-order valence-corrected chi connectivity index (χ0v) is 18.8. The lowest BCUT2D eigenvalue weighted by molar-refractivity contribution is 0.252. The largest absolute Gasteiger partial charge is 0.337 e. The summed E-state index contributed by atoms with van der Waals surface area (Å²) in [6, 6.07) is 1.99. The summed E-state index contributed by atoms with van der Waals surface area (Å²) in [4.78, 5) is 31.0. The molecule has 0 atom stereocenters. The van der Waals surface area contributed by atoms with Gasteiger partial charge in [0.15, 0.2) is 10.3 Å². The van der Waals surface area contributed by atoms with E-state index in [0.29, 0.717) is 24.1 Å². The summed E-state index contributed by atoms with van der Waals surface area (Å²) in [5.41, 5.74) is 2.56. The van der Waals surface area contributed by atoms with Gasteiger partial charge >= 0.3 is 6.03 Å². The minimum Gasteiger partial charge on any atom is -0.337 e. The molecule has 3 rings (SSSR count). The van der Waals surface area contributed by atoms with Gasteiger partial charge in [0.1, 0.15) is 5.82 Å². The van der Waals surface area contributed by atoms with Crippen LogP contribution < -0.4 is 10.6 Å². The number of carbonyl (C=O) groups excluding carboxylic acids is 1. The molecule has 0 radical (unpaired) electrons. The zero-order chi connectivity index (χ0) is 21.0. The summed E-state index contributed by atoms with van der Waals surface area (Å²) in [5, 5.41) is 6.95. The van der Waals surface area contributed by atoms with Crippen LogP contribution in [0.5, 0.6) is 0 Å². The average molecular weight is 432 g/mol. The van der Waals surface area contributed by atoms with Gasteiger partial charge in [0.25, 0.3) is 0 Å². The Kier molecular flexibility index (Phi) is 6.86. The first-order chi connectivity index (χ1) is 13.9. The van der Waals surface area contributed by atoms with E-state index in [4.69, 9.17) is 0 Å². The molecule has 0 bridgehead atoms. The predicted molar refractivity (Wildman–Crippen MR) is 118 cm³/mol. The van der Waals surface area contributed by atoms with Crippen molar-refractivity contribution in [3.63, 3.8) is 0 Å². The van der Waals surface area contributed by atoms with Crippen molar-refractivity contribution >= 4 is 34.3 Å². The van der Waals surface area contributed by atoms with Crippen LogP contribution in [0.1, 0.15) is 37.1 Å². The molecule has 0 saturated heterocycles. The second-order valence-corrected chi connectivity index (χ2v) is 8.56. The summed E-state index contributed by atoms with van der Waals surface area (Å²) < 4.78 is 2.10. The van der Waals surface area contributed by atoms with Crippen LogP contribution in [0.3, 0.4) is 0 Å². The molecule has 0 spiro atoms. The van der Waals surface area contributed by atoms with Gasteiger partial charge in [0.05, 0.1) is 16.3 Å². The molecule has 2 N–H and O–H groups in total. The third-order valence-electron chi connectivity index (χ3n) is 4.21. The van der Waals surface area contributed by atoms with E-state index in [-0.39, 0.29) is 6.03 Å². The van der Waals surface area contributed by atoms with Crippen LogP contribution in [-0.4, -0.2) is 43.3 Å². The maximum Gasteiger partial charge on any atom is 0.321 e. The molecule has 0 aliphatic rings. The smallest absolute Gasteiger partial charge is 0.321 e. The number of urea groups is 1. The first kappa shape index (κ1) is 21.3. The van der Waals surface area contributed by atoms with Crippen molar-refractivity contribution in [1.82, 2.24) is 29.8 Å². The number of rotatable bonds is 7. The Bertz CT molecular complexity index is 996. The minimum atomic E-state index is -0.281. The molecule has 0 aliphatic carbocycles. The highest BCUT2D eigenvalue weighted by atomic mass is 32.2. The van der Waals surface area contributed by atoms with Gasteiger partial charge in [-0.1, -0.05) is 23.1 Å². The molecule has 0 aromatic carbocycles. The van der Waals surface area contributed by atoms with E-state index >= 15 is 0 Å². The lowest BCUT2D eigenvalue weighted by atomic mass is 10.2. The fourth-order valence-electron chi connectivity index (χ4n) is 2.87. The third-order valence-corrected chi connectivity index (χ3v) is 5.85. The predicted octanol–water partition coefficient (Wildman–Crippen LogP) is 4.08. The maximum absolute atomic E-state index is 12.3. The first-order valence-electron chi connectivity index (χ1n) is 9.31. The summed E-state index contributed by atoms with van der Waals surface area (Å²) in [5.74, 6) is 0.955. The molecule has 0 unspecified atom stereocenters. The van der Waals surface area contributed by atoms with E-state index in [0.717, 1.165) is 32.9 Å².